The van der Waals surface area contributed by atoms with Gasteiger partial charge in [-0.3, -0.25) is 5.10 Å². The van der Waals surface area contributed by atoms with E-state index in [4.69, 9.17) is 9.84 Å². The minimum Gasteiger partial charge on any atom is -0.419 e. The Balaban J connectivity index is 2.23. The van der Waals surface area contributed by atoms with Gasteiger partial charge in [0.2, 0.25) is 11.8 Å². The predicted molar refractivity (Wildman–Crippen MR) is 53.6 cm³/mol. The molecule has 0 aliphatic heterocycles. The number of aryl methyl sites for hydroxylation is 1. The Hall–Kier alpha value is -1.88. The number of rotatable bonds is 3. The van der Waals surface area contributed by atoms with Gasteiger partial charge in [-0.15, -0.1) is 5.10 Å². The van der Waals surface area contributed by atoms with E-state index in [1.807, 2.05) is 6.92 Å². The van der Waals surface area contributed by atoms with Gasteiger partial charge in [0.25, 0.3) is 0 Å². The molecule has 0 fully saturated rings. The van der Waals surface area contributed by atoms with Crippen molar-refractivity contribution in [1.29, 1.82) is 0 Å². The number of ether oxygens (including phenoxy) is 1. The van der Waals surface area contributed by atoms with Gasteiger partial charge in [0, 0.05) is 23.5 Å². The second-order valence-corrected chi connectivity index (χ2v) is 3.12. The maximum Gasteiger partial charge on any atom is 0.240 e. The highest BCUT2D eigenvalue weighted by Gasteiger charge is 2.06. The van der Waals surface area contributed by atoms with E-state index < -0.39 is 0 Å². The van der Waals surface area contributed by atoms with Crippen molar-refractivity contribution in [2.75, 3.05) is 0 Å². The van der Waals surface area contributed by atoms with Gasteiger partial charge in [0.15, 0.2) is 0 Å². The Labute approximate surface area is 86.7 Å². The Morgan fingerprint density at radius 2 is 2.40 bits per heavy atom. The second-order valence-electron chi connectivity index (χ2n) is 3.12. The number of nitrogens with zero attached hydrogens (tertiary/aromatic N) is 2. The van der Waals surface area contributed by atoms with Crippen LogP contribution in [0.25, 0.3) is 0 Å². The van der Waals surface area contributed by atoms with Crippen LogP contribution in [0, 0.1) is 6.92 Å². The summed E-state index contributed by atoms with van der Waals surface area (Å²) in [4.78, 5) is 4.02. The van der Waals surface area contributed by atoms with Crippen LogP contribution in [0.3, 0.4) is 0 Å². The lowest BCUT2D eigenvalue weighted by molar-refractivity contribution is 0.274. The topological polar surface area (TPSA) is 71.0 Å². The molecule has 0 unspecified atom stereocenters. The Morgan fingerprint density at radius 3 is 3.07 bits per heavy atom. The number of aromatic nitrogens is 3. The fraction of sp³-hybridized carbons (Fsp3) is 0.200. The third-order valence-electron chi connectivity index (χ3n) is 1.90. The molecule has 5 heteroatoms. The molecular formula is C10H11N3O2. The van der Waals surface area contributed by atoms with E-state index in [1.165, 1.54) is 0 Å². The molecule has 0 aliphatic carbocycles. The quantitative estimate of drug-likeness (QED) is 0.794. The molecular weight excluding hydrogens is 194 g/mol. The highest BCUT2D eigenvalue weighted by Crippen LogP contribution is 2.21. The largest absolute Gasteiger partial charge is 0.419 e. The first-order chi connectivity index (χ1) is 7.29. The molecule has 2 N–H and O–H groups in total. The number of aliphatic hydroxyl groups excluding tert-OH is 1. The van der Waals surface area contributed by atoms with Gasteiger partial charge in [-0.2, -0.15) is 0 Å². The van der Waals surface area contributed by atoms with Crippen molar-refractivity contribution in [3.05, 3.63) is 35.7 Å². The molecule has 0 aromatic carbocycles. The zero-order chi connectivity index (χ0) is 10.7. The van der Waals surface area contributed by atoms with Gasteiger partial charge in [0.05, 0.1) is 6.61 Å². The van der Waals surface area contributed by atoms with Gasteiger partial charge in [-0.05, 0) is 19.1 Å². The van der Waals surface area contributed by atoms with Crippen LogP contribution >= 0.6 is 0 Å². The van der Waals surface area contributed by atoms with E-state index in [-0.39, 0.29) is 6.61 Å². The number of aromatic amines is 1. The molecule has 2 aromatic heterocycles. The van der Waals surface area contributed by atoms with Gasteiger partial charge < -0.3 is 9.84 Å². The third-order valence-corrected chi connectivity index (χ3v) is 1.90. The minimum absolute atomic E-state index is 0.105. The lowest BCUT2D eigenvalue weighted by Gasteiger charge is -2.04. The van der Waals surface area contributed by atoms with Gasteiger partial charge >= 0.3 is 0 Å². The van der Waals surface area contributed by atoms with Gasteiger partial charge in [-0.1, -0.05) is 0 Å². The van der Waals surface area contributed by atoms with Crippen LogP contribution in [0.15, 0.2) is 24.4 Å². The van der Waals surface area contributed by atoms with E-state index in [1.54, 1.807) is 24.4 Å². The van der Waals surface area contributed by atoms with Crippen molar-refractivity contribution in [3.8, 4) is 11.8 Å². The molecule has 0 radical (unpaired) electrons. The van der Waals surface area contributed by atoms with Crippen LogP contribution in [0.5, 0.6) is 11.8 Å². The molecule has 5 nitrogen and oxygen atoms in total. The average Bonchev–Trinajstić information content (AvgIpc) is 2.65. The standard InChI is InChI=1S/C10H11N3O2/c1-7-5-9(13-12-7)15-10-8(6-14)3-2-4-11-10/h2-5,14H,6H2,1H3,(H,12,13). The maximum atomic E-state index is 9.05. The molecule has 15 heavy (non-hydrogen) atoms. The molecule has 0 spiro atoms. The lowest BCUT2D eigenvalue weighted by Crippen LogP contribution is -1.94. The van der Waals surface area contributed by atoms with Crippen LogP contribution in [-0.4, -0.2) is 20.3 Å². The maximum absolute atomic E-state index is 9.05. The third kappa shape index (κ3) is 2.13. The monoisotopic (exact) mass is 205 g/mol. The summed E-state index contributed by atoms with van der Waals surface area (Å²) in [7, 11) is 0. The first-order valence-electron chi connectivity index (χ1n) is 4.54. The summed E-state index contributed by atoms with van der Waals surface area (Å²) < 4.78 is 5.41. The van der Waals surface area contributed by atoms with E-state index in [2.05, 4.69) is 15.2 Å². The highest BCUT2D eigenvalue weighted by molar-refractivity contribution is 5.28. The first kappa shape index (κ1) is 9.67. The molecule has 0 aliphatic rings. The fourth-order valence-electron chi connectivity index (χ4n) is 1.18. The van der Waals surface area contributed by atoms with Crippen molar-refractivity contribution >= 4 is 0 Å². The molecule has 2 rings (SSSR count). The molecule has 0 saturated carbocycles. The SMILES string of the molecule is Cc1cc(Oc2ncccc2CO)n[nH]1. The number of H-pyrrole nitrogens is 1. The summed E-state index contributed by atoms with van der Waals surface area (Å²) in [6, 6.07) is 5.26. The zero-order valence-electron chi connectivity index (χ0n) is 8.27. The number of pyridine rings is 1. The van der Waals surface area contributed by atoms with Crippen LogP contribution in [0.4, 0.5) is 0 Å². The molecule has 0 saturated heterocycles. The van der Waals surface area contributed by atoms with Crippen LogP contribution in [0.1, 0.15) is 11.3 Å². The molecule has 0 amide bonds. The van der Waals surface area contributed by atoms with Crippen molar-refractivity contribution < 1.29 is 9.84 Å². The van der Waals surface area contributed by atoms with Crippen molar-refractivity contribution in [2.24, 2.45) is 0 Å². The number of hydrogen-bond donors (Lipinski definition) is 2. The fourth-order valence-corrected chi connectivity index (χ4v) is 1.18. The summed E-state index contributed by atoms with van der Waals surface area (Å²) in [5.74, 6) is 0.826. The van der Waals surface area contributed by atoms with Crippen molar-refractivity contribution in [1.82, 2.24) is 15.2 Å². The lowest BCUT2D eigenvalue weighted by atomic mass is 10.3. The van der Waals surface area contributed by atoms with Crippen molar-refractivity contribution in [3.63, 3.8) is 0 Å². The van der Waals surface area contributed by atoms with E-state index in [0.29, 0.717) is 17.3 Å². The second kappa shape index (κ2) is 4.10. The molecule has 2 aromatic rings. The van der Waals surface area contributed by atoms with Crippen LogP contribution < -0.4 is 4.74 Å². The summed E-state index contributed by atoms with van der Waals surface area (Å²) >= 11 is 0. The molecule has 0 bridgehead atoms. The highest BCUT2D eigenvalue weighted by atomic mass is 16.5. The van der Waals surface area contributed by atoms with E-state index >= 15 is 0 Å². The molecule has 2 heterocycles. The van der Waals surface area contributed by atoms with Gasteiger partial charge in [0.1, 0.15) is 0 Å². The van der Waals surface area contributed by atoms with Crippen LogP contribution in [0.2, 0.25) is 0 Å². The minimum atomic E-state index is -0.105. The average molecular weight is 205 g/mol. The number of nitrogens with one attached hydrogen (secondary N) is 1. The van der Waals surface area contributed by atoms with Crippen molar-refractivity contribution in [2.45, 2.75) is 13.5 Å². The van der Waals surface area contributed by atoms with E-state index in [9.17, 15) is 0 Å². The Morgan fingerprint density at radius 1 is 1.53 bits per heavy atom. The molecule has 0 atom stereocenters. The normalized spacial score (nSPS) is 10.3. The van der Waals surface area contributed by atoms with E-state index in [0.717, 1.165) is 5.69 Å². The summed E-state index contributed by atoms with van der Waals surface area (Å²) in [5, 5.41) is 15.7. The smallest absolute Gasteiger partial charge is 0.240 e. The number of aliphatic hydroxyl groups is 1. The zero-order valence-corrected chi connectivity index (χ0v) is 8.27. The number of hydrogen-bond acceptors (Lipinski definition) is 4. The Kier molecular flexibility index (Phi) is 2.64. The summed E-state index contributed by atoms with van der Waals surface area (Å²) in [6.45, 7) is 1.78. The Bertz CT molecular complexity index is 453. The van der Waals surface area contributed by atoms with Gasteiger partial charge in [-0.25, -0.2) is 4.98 Å². The predicted octanol–water partition coefficient (Wildman–Crippen LogP) is 1.40. The summed E-state index contributed by atoms with van der Waals surface area (Å²) in [6.07, 6.45) is 1.61. The van der Waals surface area contributed by atoms with Crippen LogP contribution in [-0.2, 0) is 6.61 Å². The first-order valence-corrected chi connectivity index (χ1v) is 4.54. The molecule has 78 valence electrons. The summed E-state index contributed by atoms with van der Waals surface area (Å²) in [5.41, 5.74) is 1.55.